The molecule has 0 fully saturated rings. The smallest absolute Gasteiger partial charge is 0.0859 e. The molecule has 0 radical (unpaired) electrons. The molecule has 3 rings (SSSR count). The van der Waals surface area contributed by atoms with Gasteiger partial charge in [-0.15, -0.1) is 0 Å². The topological polar surface area (TPSA) is 47.9 Å². The number of fused-ring (bicyclic) bond motifs is 3. The summed E-state index contributed by atoms with van der Waals surface area (Å²) in [7, 11) is 0. The van der Waals surface area contributed by atoms with Gasteiger partial charge in [0.15, 0.2) is 0 Å². The van der Waals surface area contributed by atoms with Crippen LogP contribution in [-0.2, 0) is 19.6 Å². The average molecular weight is 525 g/mol. The first-order valence-corrected chi connectivity index (χ1v) is 14.4. The summed E-state index contributed by atoms with van der Waals surface area (Å²) < 4.78 is 18.6. The number of aliphatic hydroxyl groups is 1. The number of hydrogen-bond donors (Lipinski definition) is 1. The van der Waals surface area contributed by atoms with Crippen LogP contribution >= 0.6 is 0 Å². The van der Waals surface area contributed by atoms with Crippen LogP contribution in [0.15, 0.2) is 36.4 Å². The fourth-order valence-electron chi connectivity index (χ4n) is 5.60. The van der Waals surface area contributed by atoms with Gasteiger partial charge in [0.1, 0.15) is 0 Å². The standard InChI is InChI=1S/C34H52O4/c1-25-12-14-27-28-15-13-26(2)23-30(28)34(29(27)22-25,16-10-20-36-32(6,7)18-19-35)17-11-21-37-33(8,9)24-38-31(3,4)5/h12-15,22-23,35H,10-11,16-21,24H2,1-9H3. The van der Waals surface area contributed by atoms with E-state index >= 15 is 0 Å². The highest BCUT2D eigenvalue weighted by Crippen LogP contribution is 2.54. The minimum atomic E-state index is -0.328. The Bertz CT molecular complexity index is 1010. The predicted octanol–water partition coefficient (Wildman–Crippen LogP) is 7.92. The fraction of sp³-hybridized carbons (Fsp3) is 0.647. The van der Waals surface area contributed by atoms with Crippen LogP contribution in [0.1, 0.15) is 103 Å². The lowest BCUT2D eigenvalue weighted by Gasteiger charge is -2.35. The number of rotatable bonds is 14. The second-order valence-corrected chi connectivity index (χ2v) is 13.5. The van der Waals surface area contributed by atoms with Gasteiger partial charge in [0.25, 0.3) is 0 Å². The molecule has 0 aromatic heterocycles. The van der Waals surface area contributed by atoms with Gasteiger partial charge in [-0.3, -0.25) is 0 Å². The van der Waals surface area contributed by atoms with Gasteiger partial charge in [0, 0.05) is 25.2 Å². The van der Waals surface area contributed by atoms with Gasteiger partial charge >= 0.3 is 0 Å². The van der Waals surface area contributed by atoms with Crippen molar-refractivity contribution in [3.05, 3.63) is 58.7 Å². The van der Waals surface area contributed by atoms with Crippen molar-refractivity contribution in [2.75, 3.05) is 26.4 Å². The molecule has 1 aliphatic carbocycles. The molecule has 0 saturated heterocycles. The van der Waals surface area contributed by atoms with E-state index in [1.54, 1.807) is 0 Å². The van der Waals surface area contributed by atoms with E-state index in [9.17, 15) is 5.11 Å². The van der Waals surface area contributed by atoms with Crippen molar-refractivity contribution in [2.45, 2.75) is 117 Å². The van der Waals surface area contributed by atoms with E-state index < -0.39 is 0 Å². The van der Waals surface area contributed by atoms with Crippen LogP contribution in [0.4, 0.5) is 0 Å². The van der Waals surface area contributed by atoms with Crippen molar-refractivity contribution < 1.29 is 19.3 Å². The minimum absolute atomic E-state index is 0.0669. The summed E-state index contributed by atoms with van der Waals surface area (Å²) >= 11 is 0. The molecule has 0 saturated carbocycles. The van der Waals surface area contributed by atoms with Crippen LogP contribution in [0.3, 0.4) is 0 Å². The average Bonchev–Trinajstić information content (AvgIpc) is 3.06. The third kappa shape index (κ3) is 7.91. The van der Waals surface area contributed by atoms with Crippen LogP contribution in [0.25, 0.3) is 11.1 Å². The molecule has 212 valence electrons. The summed E-state index contributed by atoms with van der Waals surface area (Å²) in [6.07, 6.45) is 4.62. The number of aryl methyl sites for hydroxylation is 2. The molecule has 0 atom stereocenters. The first kappa shape index (κ1) is 30.8. The largest absolute Gasteiger partial charge is 0.396 e. The van der Waals surface area contributed by atoms with Gasteiger partial charge in [-0.1, -0.05) is 47.5 Å². The lowest BCUT2D eigenvalue weighted by Crippen LogP contribution is -2.36. The zero-order valence-corrected chi connectivity index (χ0v) is 25.5. The van der Waals surface area contributed by atoms with Crippen molar-refractivity contribution in [3.63, 3.8) is 0 Å². The Labute approximate surface area is 232 Å². The van der Waals surface area contributed by atoms with E-state index in [1.807, 2.05) is 0 Å². The fourth-order valence-corrected chi connectivity index (χ4v) is 5.60. The summed E-state index contributed by atoms with van der Waals surface area (Å²) in [5.41, 5.74) is 7.35. The van der Waals surface area contributed by atoms with E-state index in [2.05, 4.69) is 98.7 Å². The molecule has 0 unspecified atom stereocenters. The maximum Gasteiger partial charge on any atom is 0.0859 e. The van der Waals surface area contributed by atoms with Gasteiger partial charge in [-0.05, 0) is 117 Å². The number of aliphatic hydroxyl groups excluding tert-OH is 1. The Hall–Kier alpha value is -1.72. The van der Waals surface area contributed by atoms with E-state index in [0.717, 1.165) is 25.7 Å². The summed E-state index contributed by atoms with van der Waals surface area (Å²) in [4.78, 5) is 0. The molecule has 4 nitrogen and oxygen atoms in total. The number of ether oxygens (including phenoxy) is 3. The van der Waals surface area contributed by atoms with Gasteiger partial charge in [0.2, 0.25) is 0 Å². The van der Waals surface area contributed by atoms with Crippen LogP contribution < -0.4 is 0 Å². The molecule has 2 aromatic rings. The second kappa shape index (κ2) is 12.2. The Balaban J connectivity index is 1.83. The SMILES string of the molecule is Cc1ccc2c(c1)C(CCCOC(C)(C)CCO)(CCCOC(C)(C)COC(C)(C)C)c1cc(C)ccc1-2. The highest BCUT2D eigenvalue weighted by molar-refractivity contribution is 5.81. The van der Waals surface area contributed by atoms with Crippen molar-refractivity contribution in [2.24, 2.45) is 0 Å². The molecule has 0 bridgehead atoms. The van der Waals surface area contributed by atoms with Gasteiger partial charge < -0.3 is 19.3 Å². The molecule has 0 heterocycles. The van der Waals surface area contributed by atoms with Gasteiger partial charge in [0.05, 0.1) is 23.4 Å². The number of benzene rings is 2. The molecule has 4 heteroatoms. The second-order valence-electron chi connectivity index (χ2n) is 13.5. The molecule has 0 spiro atoms. The summed E-state index contributed by atoms with van der Waals surface area (Å²) in [6.45, 7) is 21.1. The third-order valence-electron chi connectivity index (χ3n) is 7.72. The quantitative estimate of drug-likeness (QED) is 0.255. The van der Waals surface area contributed by atoms with E-state index in [-0.39, 0.29) is 28.8 Å². The highest BCUT2D eigenvalue weighted by atomic mass is 16.6. The van der Waals surface area contributed by atoms with Crippen LogP contribution in [0.5, 0.6) is 0 Å². The maximum absolute atomic E-state index is 9.39. The maximum atomic E-state index is 9.39. The molecular weight excluding hydrogens is 472 g/mol. The predicted molar refractivity (Wildman–Crippen MR) is 158 cm³/mol. The zero-order chi connectivity index (χ0) is 28.2. The summed E-state index contributed by atoms with van der Waals surface area (Å²) in [5.74, 6) is 0. The third-order valence-corrected chi connectivity index (χ3v) is 7.72. The first-order chi connectivity index (χ1) is 17.7. The molecule has 38 heavy (non-hydrogen) atoms. The van der Waals surface area contributed by atoms with Gasteiger partial charge in [-0.25, -0.2) is 0 Å². The van der Waals surface area contributed by atoms with E-state index in [1.165, 1.54) is 33.4 Å². The molecule has 1 N–H and O–H groups in total. The molecule has 0 amide bonds. The van der Waals surface area contributed by atoms with Crippen molar-refractivity contribution in [3.8, 4) is 11.1 Å². The van der Waals surface area contributed by atoms with E-state index in [4.69, 9.17) is 14.2 Å². The molecular formula is C34H52O4. The molecule has 0 aliphatic heterocycles. The molecule has 2 aromatic carbocycles. The van der Waals surface area contributed by atoms with Crippen molar-refractivity contribution in [1.82, 2.24) is 0 Å². The van der Waals surface area contributed by atoms with Crippen LogP contribution in [-0.4, -0.2) is 48.3 Å². The Morgan fingerprint density at radius 3 is 1.61 bits per heavy atom. The monoisotopic (exact) mass is 524 g/mol. The lowest BCUT2D eigenvalue weighted by molar-refractivity contribution is -0.115. The number of hydrogen-bond acceptors (Lipinski definition) is 4. The first-order valence-electron chi connectivity index (χ1n) is 14.4. The zero-order valence-electron chi connectivity index (χ0n) is 25.5. The van der Waals surface area contributed by atoms with Crippen LogP contribution in [0, 0.1) is 13.8 Å². The summed E-state index contributed by atoms with van der Waals surface area (Å²) in [5, 5.41) is 9.39. The Morgan fingerprint density at radius 2 is 1.16 bits per heavy atom. The normalized spacial score (nSPS) is 15.0. The van der Waals surface area contributed by atoms with Gasteiger partial charge in [-0.2, -0.15) is 0 Å². The molecule has 1 aliphatic rings. The summed E-state index contributed by atoms with van der Waals surface area (Å²) in [6, 6.07) is 13.9. The Kier molecular flexibility index (Phi) is 9.90. The van der Waals surface area contributed by atoms with E-state index in [0.29, 0.717) is 26.2 Å². The van der Waals surface area contributed by atoms with Crippen LogP contribution in [0.2, 0.25) is 0 Å². The van der Waals surface area contributed by atoms with Crippen molar-refractivity contribution in [1.29, 1.82) is 0 Å². The van der Waals surface area contributed by atoms with Crippen molar-refractivity contribution >= 4 is 0 Å². The Morgan fingerprint density at radius 1 is 0.684 bits per heavy atom. The lowest BCUT2D eigenvalue weighted by atomic mass is 9.71. The minimum Gasteiger partial charge on any atom is -0.396 e. The highest BCUT2D eigenvalue weighted by Gasteiger charge is 2.42.